The molecule has 0 saturated carbocycles. The molecule has 2 amide bonds. The zero-order chi connectivity index (χ0) is 15.8. The highest BCUT2D eigenvalue weighted by molar-refractivity contribution is 5.94. The third-order valence-corrected chi connectivity index (χ3v) is 2.94. The van der Waals surface area contributed by atoms with E-state index in [0.29, 0.717) is 25.1 Å². The Morgan fingerprint density at radius 2 is 1.68 bits per heavy atom. The molecule has 0 saturated heterocycles. The molecule has 2 aromatic rings. The highest BCUT2D eigenvalue weighted by Crippen LogP contribution is 2.03. The van der Waals surface area contributed by atoms with Crippen LogP contribution in [0.15, 0.2) is 48.8 Å². The Bertz CT molecular complexity index is 647. The summed E-state index contributed by atoms with van der Waals surface area (Å²) in [6.07, 6.45) is 3.66. The van der Waals surface area contributed by atoms with Gasteiger partial charge < -0.3 is 10.6 Å². The van der Waals surface area contributed by atoms with Crippen molar-refractivity contribution in [1.82, 2.24) is 15.6 Å². The van der Waals surface area contributed by atoms with E-state index in [2.05, 4.69) is 15.6 Å². The lowest BCUT2D eigenvalue weighted by molar-refractivity contribution is 0.0951. The van der Waals surface area contributed by atoms with Gasteiger partial charge in [-0.15, -0.1) is 0 Å². The van der Waals surface area contributed by atoms with Crippen LogP contribution in [0.1, 0.15) is 27.1 Å². The number of hydrogen-bond acceptors (Lipinski definition) is 3. The third kappa shape index (κ3) is 4.66. The first kappa shape index (κ1) is 15.6. The molecule has 0 unspecified atom stereocenters. The summed E-state index contributed by atoms with van der Waals surface area (Å²) in [6, 6.07) is 8.85. The summed E-state index contributed by atoms with van der Waals surface area (Å²) in [6.45, 7) is 0.819. The van der Waals surface area contributed by atoms with Gasteiger partial charge in [0, 0.05) is 31.0 Å². The molecule has 0 aliphatic rings. The largest absolute Gasteiger partial charge is 0.352 e. The van der Waals surface area contributed by atoms with Gasteiger partial charge in [-0.1, -0.05) is 6.07 Å². The Hall–Kier alpha value is -2.76. The maximum Gasteiger partial charge on any atom is 0.252 e. The first-order valence-corrected chi connectivity index (χ1v) is 6.89. The normalized spacial score (nSPS) is 10.0. The van der Waals surface area contributed by atoms with E-state index in [9.17, 15) is 14.0 Å². The number of hydrogen-bond donors (Lipinski definition) is 2. The number of rotatable bonds is 6. The molecule has 0 fully saturated rings. The fraction of sp³-hybridized carbons (Fsp3) is 0.188. The van der Waals surface area contributed by atoms with Gasteiger partial charge in [-0.2, -0.15) is 0 Å². The van der Waals surface area contributed by atoms with Crippen LogP contribution >= 0.6 is 0 Å². The van der Waals surface area contributed by atoms with E-state index >= 15 is 0 Å². The molecule has 0 bridgehead atoms. The molecule has 1 heterocycles. The van der Waals surface area contributed by atoms with E-state index in [-0.39, 0.29) is 17.4 Å². The highest BCUT2D eigenvalue weighted by Gasteiger charge is 2.06. The first-order valence-electron chi connectivity index (χ1n) is 6.89. The van der Waals surface area contributed by atoms with Crippen LogP contribution < -0.4 is 10.6 Å². The van der Waals surface area contributed by atoms with Crippen molar-refractivity contribution in [2.75, 3.05) is 13.1 Å². The molecule has 114 valence electrons. The lowest BCUT2D eigenvalue weighted by atomic mass is 10.2. The van der Waals surface area contributed by atoms with Crippen LogP contribution in [0.3, 0.4) is 0 Å². The Labute approximate surface area is 127 Å². The molecule has 0 aliphatic heterocycles. The third-order valence-electron chi connectivity index (χ3n) is 2.94. The molecular formula is C16H16FN3O2. The summed E-state index contributed by atoms with van der Waals surface area (Å²) in [5.74, 6) is -0.987. The Morgan fingerprint density at radius 3 is 2.32 bits per heavy atom. The lowest BCUT2D eigenvalue weighted by Gasteiger charge is -2.07. The van der Waals surface area contributed by atoms with E-state index in [1.165, 1.54) is 24.4 Å². The SMILES string of the molecule is O=C(NCCCNC(=O)c1cccc(F)c1)c1cccnc1. The van der Waals surface area contributed by atoms with Gasteiger partial charge in [-0.3, -0.25) is 14.6 Å². The van der Waals surface area contributed by atoms with E-state index < -0.39 is 5.82 Å². The minimum Gasteiger partial charge on any atom is -0.352 e. The lowest BCUT2D eigenvalue weighted by Crippen LogP contribution is -2.30. The van der Waals surface area contributed by atoms with Crippen molar-refractivity contribution in [1.29, 1.82) is 0 Å². The van der Waals surface area contributed by atoms with Gasteiger partial charge in [0.25, 0.3) is 11.8 Å². The van der Waals surface area contributed by atoms with Gasteiger partial charge in [0.05, 0.1) is 5.56 Å². The van der Waals surface area contributed by atoms with Crippen LogP contribution in [-0.2, 0) is 0 Å². The van der Waals surface area contributed by atoms with Crippen molar-refractivity contribution in [3.63, 3.8) is 0 Å². The number of amides is 2. The highest BCUT2D eigenvalue weighted by atomic mass is 19.1. The number of carbonyl (C=O) groups is 2. The summed E-state index contributed by atoms with van der Waals surface area (Å²) in [4.78, 5) is 27.3. The van der Waals surface area contributed by atoms with E-state index in [1.807, 2.05) is 0 Å². The van der Waals surface area contributed by atoms with E-state index in [4.69, 9.17) is 0 Å². The van der Waals surface area contributed by atoms with Gasteiger partial charge in [0.15, 0.2) is 0 Å². The van der Waals surface area contributed by atoms with Crippen molar-refractivity contribution >= 4 is 11.8 Å². The van der Waals surface area contributed by atoms with Crippen molar-refractivity contribution in [2.24, 2.45) is 0 Å². The molecule has 2 rings (SSSR count). The zero-order valence-electron chi connectivity index (χ0n) is 11.9. The van der Waals surface area contributed by atoms with Gasteiger partial charge in [0.1, 0.15) is 5.82 Å². The fourth-order valence-corrected chi connectivity index (χ4v) is 1.82. The summed E-state index contributed by atoms with van der Waals surface area (Å²) in [7, 11) is 0. The van der Waals surface area contributed by atoms with Crippen molar-refractivity contribution in [3.8, 4) is 0 Å². The number of halogens is 1. The molecule has 22 heavy (non-hydrogen) atoms. The summed E-state index contributed by atoms with van der Waals surface area (Å²) >= 11 is 0. The molecule has 6 heteroatoms. The minimum atomic E-state index is -0.448. The smallest absolute Gasteiger partial charge is 0.252 e. The van der Waals surface area contributed by atoms with Gasteiger partial charge in [-0.25, -0.2) is 4.39 Å². The van der Waals surface area contributed by atoms with Crippen molar-refractivity contribution < 1.29 is 14.0 Å². The van der Waals surface area contributed by atoms with Crippen LogP contribution in [-0.4, -0.2) is 29.9 Å². The predicted octanol–water partition coefficient (Wildman–Crippen LogP) is 1.77. The standard InChI is InChI=1S/C16H16FN3O2/c17-14-6-1-4-12(10-14)15(21)19-8-3-9-20-16(22)13-5-2-7-18-11-13/h1-2,4-7,10-11H,3,8-9H2,(H,19,21)(H,20,22). The average molecular weight is 301 g/mol. The average Bonchev–Trinajstić information content (AvgIpc) is 2.55. The van der Waals surface area contributed by atoms with Crippen LogP contribution in [0.5, 0.6) is 0 Å². The predicted molar refractivity (Wildman–Crippen MR) is 79.9 cm³/mol. The minimum absolute atomic E-state index is 0.204. The van der Waals surface area contributed by atoms with E-state index in [0.717, 1.165) is 0 Å². The van der Waals surface area contributed by atoms with Crippen LogP contribution in [0.25, 0.3) is 0 Å². The number of carbonyl (C=O) groups excluding carboxylic acids is 2. The summed E-state index contributed by atoms with van der Waals surface area (Å²) in [5, 5.41) is 5.40. The maximum absolute atomic E-state index is 13.0. The number of nitrogens with one attached hydrogen (secondary N) is 2. The molecule has 1 aromatic carbocycles. The molecule has 5 nitrogen and oxygen atoms in total. The second-order valence-electron chi connectivity index (χ2n) is 4.62. The Balaban J connectivity index is 1.67. The number of aromatic nitrogens is 1. The maximum atomic E-state index is 13.0. The van der Waals surface area contributed by atoms with Crippen molar-refractivity contribution in [3.05, 3.63) is 65.7 Å². The second-order valence-corrected chi connectivity index (χ2v) is 4.62. The van der Waals surface area contributed by atoms with E-state index in [1.54, 1.807) is 24.4 Å². The Kier molecular flexibility index (Phi) is 5.59. The molecule has 0 atom stereocenters. The van der Waals surface area contributed by atoms with Gasteiger partial charge >= 0.3 is 0 Å². The monoisotopic (exact) mass is 301 g/mol. The fourth-order valence-electron chi connectivity index (χ4n) is 1.82. The quantitative estimate of drug-likeness (QED) is 0.799. The van der Waals surface area contributed by atoms with Gasteiger partial charge in [-0.05, 0) is 36.8 Å². The summed E-state index contributed by atoms with van der Waals surface area (Å²) < 4.78 is 13.0. The number of nitrogens with zero attached hydrogens (tertiary/aromatic N) is 1. The molecule has 0 aliphatic carbocycles. The number of pyridine rings is 1. The van der Waals surface area contributed by atoms with Gasteiger partial charge in [0.2, 0.25) is 0 Å². The van der Waals surface area contributed by atoms with Crippen LogP contribution in [0.2, 0.25) is 0 Å². The summed E-state index contributed by atoms with van der Waals surface area (Å²) in [5.41, 5.74) is 0.769. The Morgan fingerprint density at radius 1 is 1.00 bits per heavy atom. The zero-order valence-corrected chi connectivity index (χ0v) is 11.9. The first-order chi connectivity index (χ1) is 10.7. The molecule has 0 radical (unpaired) electrons. The topological polar surface area (TPSA) is 71.1 Å². The molecule has 1 aromatic heterocycles. The van der Waals surface area contributed by atoms with Crippen LogP contribution in [0.4, 0.5) is 4.39 Å². The molecule has 2 N–H and O–H groups in total. The molecular weight excluding hydrogens is 285 g/mol. The second kappa shape index (κ2) is 7.87. The van der Waals surface area contributed by atoms with Crippen molar-refractivity contribution in [2.45, 2.75) is 6.42 Å². The molecule has 0 spiro atoms. The number of benzene rings is 1. The van der Waals surface area contributed by atoms with Crippen LogP contribution in [0, 0.1) is 5.82 Å².